The van der Waals surface area contributed by atoms with Crippen LogP contribution in [0.1, 0.15) is 24.3 Å². The topological polar surface area (TPSA) is 114 Å². The van der Waals surface area contributed by atoms with Gasteiger partial charge in [-0.3, -0.25) is 19.8 Å². The van der Waals surface area contributed by atoms with Crippen molar-refractivity contribution in [2.45, 2.75) is 26.3 Å². The Bertz CT molecular complexity index is 1120. The average Bonchev–Trinajstić information content (AvgIpc) is 3.24. The molecule has 1 aliphatic rings. The molecule has 3 aromatic rings. The molecule has 0 atom stereocenters. The van der Waals surface area contributed by atoms with Crippen LogP contribution in [0.15, 0.2) is 47.0 Å². The van der Waals surface area contributed by atoms with Gasteiger partial charge >= 0.3 is 0 Å². The highest BCUT2D eigenvalue weighted by atomic mass is 35.5. The Morgan fingerprint density at radius 2 is 1.97 bits per heavy atom. The first-order valence-electron chi connectivity index (χ1n) is 10.3. The van der Waals surface area contributed by atoms with E-state index in [9.17, 15) is 14.9 Å². The number of nitro groups is 1. The maximum atomic E-state index is 12.7. The highest BCUT2D eigenvalue weighted by molar-refractivity contribution is 6.33. The van der Waals surface area contributed by atoms with Crippen molar-refractivity contribution in [3.05, 3.63) is 69.1 Å². The quantitative estimate of drug-likeness (QED) is 0.431. The van der Waals surface area contributed by atoms with Gasteiger partial charge in [0, 0.05) is 23.6 Å². The summed E-state index contributed by atoms with van der Waals surface area (Å²) in [6.07, 6.45) is 1.30. The molecule has 2 heterocycles. The van der Waals surface area contributed by atoms with E-state index in [-0.39, 0.29) is 28.2 Å². The van der Waals surface area contributed by atoms with Gasteiger partial charge in [-0.2, -0.15) is 4.98 Å². The van der Waals surface area contributed by atoms with Crippen molar-refractivity contribution in [1.82, 2.24) is 15.0 Å². The number of amides is 1. The number of piperidine rings is 1. The fourth-order valence-corrected chi connectivity index (χ4v) is 3.81. The molecule has 1 amide bonds. The Morgan fingerprint density at radius 3 is 2.66 bits per heavy atom. The number of hydrogen-bond donors (Lipinski definition) is 1. The van der Waals surface area contributed by atoms with Crippen molar-refractivity contribution >= 4 is 28.9 Å². The zero-order valence-corrected chi connectivity index (χ0v) is 18.2. The van der Waals surface area contributed by atoms with E-state index in [2.05, 4.69) is 20.4 Å². The molecular weight excluding hydrogens is 434 g/mol. The first-order valence-corrected chi connectivity index (χ1v) is 10.6. The van der Waals surface area contributed by atoms with E-state index in [1.807, 2.05) is 31.2 Å². The summed E-state index contributed by atoms with van der Waals surface area (Å²) < 4.78 is 5.40. The Labute approximate surface area is 189 Å². The van der Waals surface area contributed by atoms with Gasteiger partial charge in [-0.05, 0) is 38.9 Å². The number of carbonyl (C=O) groups is 1. The van der Waals surface area contributed by atoms with Crippen LogP contribution in [0.4, 0.5) is 11.4 Å². The number of benzene rings is 2. The number of nitrogens with zero attached hydrogens (tertiary/aromatic N) is 4. The van der Waals surface area contributed by atoms with E-state index in [4.69, 9.17) is 16.1 Å². The lowest BCUT2D eigenvalue weighted by molar-refractivity contribution is -0.384. The van der Waals surface area contributed by atoms with Crippen LogP contribution >= 0.6 is 11.6 Å². The standard InChI is InChI=1S/C22H22ClN5O4/c1-14-2-4-15(5-3-14)21-25-20(32-26-21)13-27-10-8-16(9-11-27)22(29)24-19-12-17(28(30)31)6-7-18(19)23/h2-7,12,16H,8-11,13H2,1H3,(H,24,29). The molecule has 0 unspecified atom stereocenters. The summed E-state index contributed by atoms with van der Waals surface area (Å²) in [6.45, 7) is 3.93. The Morgan fingerprint density at radius 1 is 1.25 bits per heavy atom. The molecule has 1 saturated heterocycles. The maximum Gasteiger partial charge on any atom is 0.271 e. The second kappa shape index (κ2) is 9.46. The largest absolute Gasteiger partial charge is 0.338 e. The minimum absolute atomic E-state index is 0.121. The van der Waals surface area contributed by atoms with Crippen molar-refractivity contribution in [2.75, 3.05) is 18.4 Å². The van der Waals surface area contributed by atoms with Gasteiger partial charge in [0.1, 0.15) is 0 Å². The molecular formula is C22H22ClN5O4. The van der Waals surface area contributed by atoms with Crippen molar-refractivity contribution in [1.29, 1.82) is 0 Å². The number of hydrogen-bond acceptors (Lipinski definition) is 7. The van der Waals surface area contributed by atoms with Gasteiger partial charge in [-0.1, -0.05) is 46.6 Å². The number of nitrogens with one attached hydrogen (secondary N) is 1. The van der Waals surface area contributed by atoms with Gasteiger partial charge in [-0.15, -0.1) is 0 Å². The molecule has 2 aromatic carbocycles. The van der Waals surface area contributed by atoms with Crippen LogP contribution in [0.25, 0.3) is 11.4 Å². The summed E-state index contributed by atoms with van der Waals surface area (Å²) in [7, 11) is 0. The van der Waals surface area contributed by atoms with Gasteiger partial charge in [0.25, 0.3) is 5.69 Å². The molecule has 0 radical (unpaired) electrons. The van der Waals surface area contributed by atoms with E-state index < -0.39 is 4.92 Å². The number of halogens is 1. The van der Waals surface area contributed by atoms with E-state index in [1.54, 1.807) is 0 Å². The van der Waals surface area contributed by atoms with Gasteiger partial charge < -0.3 is 9.84 Å². The third-order valence-corrected chi connectivity index (χ3v) is 5.84. The lowest BCUT2D eigenvalue weighted by Crippen LogP contribution is -2.37. The molecule has 10 heteroatoms. The monoisotopic (exact) mass is 455 g/mol. The van der Waals surface area contributed by atoms with Crippen molar-refractivity contribution in [3.8, 4) is 11.4 Å². The first kappa shape index (κ1) is 21.9. The molecule has 1 N–H and O–H groups in total. The average molecular weight is 456 g/mol. The van der Waals surface area contributed by atoms with Crippen LogP contribution in [-0.2, 0) is 11.3 Å². The Kier molecular flexibility index (Phi) is 6.48. The maximum absolute atomic E-state index is 12.7. The molecule has 0 aliphatic carbocycles. The zero-order valence-electron chi connectivity index (χ0n) is 17.5. The minimum atomic E-state index is -0.522. The number of anilines is 1. The third-order valence-electron chi connectivity index (χ3n) is 5.51. The van der Waals surface area contributed by atoms with Crippen LogP contribution in [-0.4, -0.2) is 39.0 Å². The number of carbonyl (C=O) groups excluding carboxylic acids is 1. The summed E-state index contributed by atoms with van der Waals surface area (Å²) in [4.78, 5) is 29.7. The van der Waals surface area contributed by atoms with Gasteiger partial charge in [0.05, 0.1) is 22.2 Å². The molecule has 0 spiro atoms. The minimum Gasteiger partial charge on any atom is -0.338 e. The zero-order chi connectivity index (χ0) is 22.7. The normalized spacial score (nSPS) is 14.9. The van der Waals surface area contributed by atoms with Crippen LogP contribution < -0.4 is 5.32 Å². The van der Waals surface area contributed by atoms with Gasteiger partial charge in [0.15, 0.2) is 0 Å². The Balaban J connectivity index is 1.31. The molecule has 1 fully saturated rings. The number of aromatic nitrogens is 2. The lowest BCUT2D eigenvalue weighted by Gasteiger charge is -2.30. The number of rotatable bonds is 6. The fourth-order valence-electron chi connectivity index (χ4n) is 3.64. The summed E-state index contributed by atoms with van der Waals surface area (Å²) in [5.74, 6) is 0.703. The molecule has 0 bridgehead atoms. The van der Waals surface area contributed by atoms with Crippen LogP contribution in [0.5, 0.6) is 0 Å². The third kappa shape index (κ3) is 5.12. The number of non-ortho nitro benzene ring substituents is 1. The van der Waals surface area contributed by atoms with Crippen molar-refractivity contribution < 1.29 is 14.2 Å². The highest BCUT2D eigenvalue weighted by Crippen LogP contribution is 2.28. The lowest BCUT2D eigenvalue weighted by atomic mass is 9.96. The summed E-state index contributed by atoms with van der Waals surface area (Å²) >= 11 is 6.08. The number of aryl methyl sites for hydroxylation is 1. The molecule has 32 heavy (non-hydrogen) atoms. The summed E-state index contributed by atoms with van der Waals surface area (Å²) in [5.41, 5.74) is 2.20. The van der Waals surface area contributed by atoms with Crippen molar-refractivity contribution in [2.24, 2.45) is 5.92 Å². The molecule has 166 valence electrons. The van der Waals surface area contributed by atoms with Crippen LogP contribution in [0.2, 0.25) is 5.02 Å². The SMILES string of the molecule is Cc1ccc(-c2noc(CN3CCC(C(=O)Nc4cc([N+](=O)[O-])ccc4Cl)CC3)n2)cc1. The molecule has 9 nitrogen and oxygen atoms in total. The van der Waals surface area contributed by atoms with Crippen molar-refractivity contribution in [3.63, 3.8) is 0 Å². The van der Waals surface area contributed by atoms with E-state index in [0.717, 1.165) is 11.1 Å². The predicted octanol–water partition coefficient (Wildman–Crippen LogP) is 4.46. The van der Waals surface area contributed by atoms with E-state index in [0.29, 0.717) is 44.2 Å². The van der Waals surface area contributed by atoms with Crippen LogP contribution in [0.3, 0.4) is 0 Å². The second-order valence-corrected chi connectivity index (χ2v) is 8.25. The predicted molar refractivity (Wildman–Crippen MR) is 119 cm³/mol. The highest BCUT2D eigenvalue weighted by Gasteiger charge is 2.27. The van der Waals surface area contributed by atoms with E-state index in [1.165, 1.54) is 18.2 Å². The molecule has 1 aliphatic heterocycles. The summed E-state index contributed by atoms with van der Waals surface area (Å²) in [5, 5.41) is 18.0. The van der Waals surface area contributed by atoms with Gasteiger partial charge in [0.2, 0.25) is 17.6 Å². The van der Waals surface area contributed by atoms with E-state index >= 15 is 0 Å². The number of nitro benzene ring substituents is 1. The first-order chi connectivity index (χ1) is 15.4. The Hall–Kier alpha value is -3.30. The summed E-state index contributed by atoms with van der Waals surface area (Å²) in [6, 6.07) is 11.9. The molecule has 0 saturated carbocycles. The second-order valence-electron chi connectivity index (χ2n) is 7.84. The molecule has 4 rings (SSSR count). The smallest absolute Gasteiger partial charge is 0.271 e. The van der Waals surface area contributed by atoms with Crippen LogP contribution in [0, 0.1) is 23.0 Å². The fraction of sp³-hybridized carbons (Fsp3) is 0.318. The van der Waals surface area contributed by atoms with Gasteiger partial charge in [-0.25, -0.2) is 0 Å². The molecule has 1 aromatic heterocycles. The number of likely N-dealkylation sites (tertiary alicyclic amines) is 1.